The van der Waals surface area contributed by atoms with Crippen molar-refractivity contribution in [2.75, 3.05) is 14.2 Å². The van der Waals surface area contributed by atoms with Crippen molar-refractivity contribution in [1.29, 1.82) is 0 Å². The standard InChI is InChI=1S/C22H18N2O5S/c1-27-18-9-8-15(10-19(18)28-2)21(26)29-12-16-11-20(25)24-17(13-30-22(24)23-16)14-6-4-3-5-7-14/h3-11,13H,12H2,1-2H3. The van der Waals surface area contributed by atoms with E-state index in [1.807, 2.05) is 35.7 Å². The van der Waals surface area contributed by atoms with Crippen molar-refractivity contribution >= 4 is 22.3 Å². The molecule has 0 atom stereocenters. The quantitative estimate of drug-likeness (QED) is 0.440. The van der Waals surface area contributed by atoms with Crippen LogP contribution in [-0.4, -0.2) is 29.6 Å². The topological polar surface area (TPSA) is 79.1 Å². The van der Waals surface area contributed by atoms with Crippen LogP contribution in [0, 0.1) is 0 Å². The minimum Gasteiger partial charge on any atom is -0.493 e. The third kappa shape index (κ3) is 3.77. The van der Waals surface area contributed by atoms with Gasteiger partial charge >= 0.3 is 5.97 Å². The summed E-state index contributed by atoms with van der Waals surface area (Å²) in [5, 5.41) is 1.89. The predicted molar refractivity (Wildman–Crippen MR) is 113 cm³/mol. The van der Waals surface area contributed by atoms with E-state index in [1.165, 1.54) is 37.7 Å². The SMILES string of the molecule is COc1ccc(C(=O)OCc2cc(=O)n3c(-c4ccccc4)csc3n2)cc1OC. The maximum Gasteiger partial charge on any atom is 0.338 e. The molecule has 0 amide bonds. The number of esters is 1. The fourth-order valence-corrected chi connectivity index (χ4v) is 3.96. The monoisotopic (exact) mass is 422 g/mol. The lowest BCUT2D eigenvalue weighted by Gasteiger charge is -2.09. The Bertz CT molecular complexity index is 1260. The van der Waals surface area contributed by atoms with E-state index in [0.29, 0.717) is 27.7 Å². The van der Waals surface area contributed by atoms with Gasteiger partial charge < -0.3 is 14.2 Å². The number of hydrogen-bond donors (Lipinski definition) is 0. The summed E-state index contributed by atoms with van der Waals surface area (Å²) in [5.74, 6) is 0.395. The van der Waals surface area contributed by atoms with Crippen molar-refractivity contribution in [3.05, 3.63) is 81.6 Å². The third-order valence-corrected chi connectivity index (χ3v) is 5.32. The summed E-state index contributed by atoms with van der Waals surface area (Å²) in [6, 6.07) is 15.8. The fourth-order valence-electron chi connectivity index (χ4n) is 3.03. The first-order valence-electron chi connectivity index (χ1n) is 9.05. The van der Waals surface area contributed by atoms with E-state index >= 15 is 0 Å². The third-order valence-electron chi connectivity index (χ3n) is 4.50. The molecule has 152 valence electrons. The van der Waals surface area contributed by atoms with Crippen LogP contribution in [0.5, 0.6) is 11.5 Å². The molecule has 0 saturated carbocycles. The van der Waals surface area contributed by atoms with Crippen molar-refractivity contribution in [1.82, 2.24) is 9.38 Å². The minimum absolute atomic E-state index is 0.114. The molecule has 0 N–H and O–H groups in total. The van der Waals surface area contributed by atoms with Crippen LogP contribution in [-0.2, 0) is 11.3 Å². The van der Waals surface area contributed by atoms with Crippen LogP contribution in [0.1, 0.15) is 16.1 Å². The van der Waals surface area contributed by atoms with Crippen LogP contribution < -0.4 is 15.0 Å². The highest BCUT2D eigenvalue weighted by Crippen LogP contribution is 2.28. The van der Waals surface area contributed by atoms with Crippen molar-refractivity contribution in [3.63, 3.8) is 0 Å². The molecular formula is C22H18N2O5S. The molecular weight excluding hydrogens is 404 g/mol. The lowest BCUT2D eigenvalue weighted by Crippen LogP contribution is -2.16. The molecule has 8 heteroatoms. The van der Waals surface area contributed by atoms with Gasteiger partial charge in [0.1, 0.15) is 6.61 Å². The Morgan fingerprint density at radius 3 is 2.53 bits per heavy atom. The van der Waals surface area contributed by atoms with Crippen molar-refractivity contribution in [2.24, 2.45) is 0 Å². The molecule has 2 heterocycles. The van der Waals surface area contributed by atoms with Gasteiger partial charge in [-0.2, -0.15) is 0 Å². The number of benzene rings is 2. The van der Waals surface area contributed by atoms with Crippen LogP contribution >= 0.6 is 11.3 Å². The first kappa shape index (κ1) is 19.7. The molecule has 2 aromatic heterocycles. The molecule has 0 aliphatic rings. The molecule has 7 nitrogen and oxygen atoms in total. The Morgan fingerprint density at radius 2 is 1.80 bits per heavy atom. The van der Waals surface area contributed by atoms with Gasteiger partial charge in [0.05, 0.1) is 31.2 Å². The van der Waals surface area contributed by atoms with Gasteiger partial charge in [0.15, 0.2) is 16.5 Å². The van der Waals surface area contributed by atoms with Crippen LogP contribution in [0.2, 0.25) is 0 Å². The molecule has 0 bridgehead atoms. The van der Waals surface area contributed by atoms with Gasteiger partial charge in [0.2, 0.25) is 0 Å². The van der Waals surface area contributed by atoms with E-state index in [0.717, 1.165) is 11.3 Å². The lowest BCUT2D eigenvalue weighted by atomic mass is 10.2. The van der Waals surface area contributed by atoms with E-state index in [-0.39, 0.29) is 12.2 Å². The minimum atomic E-state index is -0.547. The first-order valence-corrected chi connectivity index (χ1v) is 9.93. The molecule has 0 unspecified atom stereocenters. The molecule has 2 aromatic carbocycles. The zero-order valence-corrected chi connectivity index (χ0v) is 17.1. The normalized spacial score (nSPS) is 10.7. The number of nitrogens with zero attached hydrogens (tertiary/aromatic N) is 2. The van der Waals surface area contributed by atoms with Gasteiger partial charge in [-0.1, -0.05) is 30.3 Å². The van der Waals surface area contributed by atoms with Crippen LogP contribution in [0.4, 0.5) is 0 Å². The van der Waals surface area contributed by atoms with Gasteiger partial charge in [-0.3, -0.25) is 9.20 Å². The lowest BCUT2D eigenvalue weighted by molar-refractivity contribution is 0.0467. The molecule has 4 aromatic rings. The van der Waals surface area contributed by atoms with E-state index in [4.69, 9.17) is 14.2 Å². The number of ether oxygens (including phenoxy) is 3. The van der Waals surface area contributed by atoms with E-state index in [9.17, 15) is 9.59 Å². The summed E-state index contributed by atoms with van der Waals surface area (Å²) in [5.41, 5.74) is 2.18. The molecule has 0 fully saturated rings. The second-order valence-electron chi connectivity index (χ2n) is 6.34. The Morgan fingerprint density at radius 1 is 1.03 bits per heavy atom. The van der Waals surface area contributed by atoms with E-state index in [1.54, 1.807) is 16.5 Å². The highest BCUT2D eigenvalue weighted by atomic mass is 32.1. The van der Waals surface area contributed by atoms with Crippen molar-refractivity contribution < 1.29 is 19.0 Å². The summed E-state index contributed by atoms with van der Waals surface area (Å²) in [6.07, 6.45) is 0. The van der Waals surface area contributed by atoms with Crippen LogP contribution in [0.15, 0.2) is 64.8 Å². The maximum atomic E-state index is 12.7. The van der Waals surface area contributed by atoms with Gasteiger partial charge in [-0.05, 0) is 23.8 Å². The number of hydrogen-bond acceptors (Lipinski definition) is 7. The maximum absolute atomic E-state index is 12.7. The molecule has 30 heavy (non-hydrogen) atoms. The first-order chi connectivity index (χ1) is 14.6. The average molecular weight is 422 g/mol. The smallest absolute Gasteiger partial charge is 0.338 e. The van der Waals surface area contributed by atoms with Gasteiger partial charge in [0.25, 0.3) is 5.56 Å². The fraction of sp³-hybridized carbons (Fsp3) is 0.136. The Balaban J connectivity index is 1.55. The zero-order valence-electron chi connectivity index (χ0n) is 16.3. The Labute approximate surface area is 176 Å². The molecule has 0 aliphatic heterocycles. The number of thiazole rings is 1. The summed E-state index contributed by atoms with van der Waals surface area (Å²) in [7, 11) is 3.01. The summed E-state index contributed by atoms with van der Waals surface area (Å²) in [4.78, 5) is 30.1. The van der Waals surface area contributed by atoms with Crippen molar-refractivity contribution in [2.45, 2.75) is 6.61 Å². The van der Waals surface area contributed by atoms with E-state index < -0.39 is 5.97 Å². The Hall–Kier alpha value is -3.65. The summed E-state index contributed by atoms with van der Waals surface area (Å²) in [6.45, 7) is -0.114. The second kappa shape index (κ2) is 8.38. The number of carbonyl (C=O) groups is 1. The molecule has 0 radical (unpaired) electrons. The van der Waals surface area contributed by atoms with Crippen LogP contribution in [0.3, 0.4) is 0 Å². The number of rotatable bonds is 6. The molecule has 4 rings (SSSR count). The molecule has 0 aliphatic carbocycles. The average Bonchev–Trinajstić information content (AvgIpc) is 3.22. The number of carbonyl (C=O) groups excluding carboxylic acids is 1. The van der Waals surface area contributed by atoms with Crippen LogP contribution in [0.25, 0.3) is 16.2 Å². The van der Waals surface area contributed by atoms with Gasteiger partial charge in [-0.15, -0.1) is 11.3 Å². The largest absolute Gasteiger partial charge is 0.493 e. The molecule has 0 spiro atoms. The second-order valence-corrected chi connectivity index (χ2v) is 7.17. The predicted octanol–water partition coefficient (Wildman–Crippen LogP) is 3.80. The number of aromatic nitrogens is 2. The highest BCUT2D eigenvalue weighted by molar-refractivity contribution is 7.15. The number of fused-ring (bicyclic) bond motifs is 1. The zero-order chi connectivity index (χ0) is 21.1. The summed E-state index contributed by atoms with van der Waals surface area (Å²) >= 11 is 1.36. The number of methoxy groups -OCH3 is 2. The van der Waals surface area contributed by atoms with Gasteiger partial charge in [-0.25, -0.2) is 9.78 Å². The van der Waals surface area contributed by atoms with E-state index in [2.05, 4.69) is 4.98 Å². The summed E-state index contributed by atoms with van der Waals surface area (Å²) < 4.78 is 17.3. The van der Waals surface area contributed by atoms with Gasteiger partial charge in [0, 0.05) is 11.4 Å². The highest BCUT2D eigenvalue weighted by Gasteiger charge is 2.14. The Kier molecular flexibility index (Phi) is 5.49. The van der Waals surface area contributed by atoms with Crippen molar-refractivity contribution in [3.8, 4) is 22.8 Å². The molecule has 0 saturated heterocycles.